The first-order valence-electron chi connectivity index (χ1n) is 6.38. The number of methoxy groups -OCH3 is 1. The Labute approximate surface area is 126 Å². The van der Waals surface area contributed by atoms with Gasteiger partial charge in [-0.3, -0.25) is 9.59 Å². The van der Waals surface area contributed by atoms with E-state index in [9.17, 15) is 14.0 Å². The summed E-state index contributed by atoms with van der Waals surface area (Å²) in [6, 6.07) is 6.97. The van der Waals surface area contributed by atoms with Crippen molar-refractivity contribution in [2.75, 3.05) is 17.7 Å². The number of amides is 2. The van der Waals surface area contributed by atoms with Crippen LogP contribution < -0.4 is 15.4 Å². The molecule has 0 saturated heterocycles. The standard InChI is InChI=1S/C15H14FN3O3/c1-9(20)18-10-5-6-12(16)13(8-10)19-14(21)11-4-3-7-17-15(11)22-2/h3-8H,1-2H3,(H,18,20)(H,19,21). The molecule has 6 nitrogen and oxygen atoms in total. The van der Waals surface area contributed by atoms with Crippen molar-refractivity contribution in [2.24, 2.45) is 0 Å². The molecule has 114 valence electrons. The number of carbonyl (C=O) groups is 2. The van der Waals surface area contributed by atoms with Crippen LogP contribution >= 0.6 is 0 Å². The Morgan fingerprint density at radius 3 is 2.68 bits per heavy atom. The van der Waals surface area contributed by atoms with Gasteiger partial charge in [0.15, 0.2) is 0 Å². The molecule has 0 saturated carbocycles. The lowest BCUT2D eigenvalue weighted by molar-refractivity contribution is -0.114. The van der Waals surface area contributed by atoms with E-state index < -0.39 is 11.7 Å². The number of halogens is 1. The molecule has 0 aliphatic heterocycles. The van der Waals surface area contributed by atoms with E-state index >= 15 is 0 Å². The van der Waals surface area contributed by atoms with Crippen LogP contribution in [-0.4, -0.2) is 23.9 Å². The molecular formula is C15H14FN3O3. The molecule has 1 aromatic carbocycles. The van der Waals surface area contributed by atoms with Gasteiger partial charge in [0, 0.05) is 18.8 Å². The van der Waals surface area contributed by atoms with Crippen LogP contribution in [0.25, 0.3) is 0 Å². The van der Waals surface area contributed by atoms with Crippen LogP contribution in [0.1, 0.15) is 17.3 Å². The van der Waals surface area contributed by atoms with Crippen molar-refractivity contribution < 1.29 is 18.7 Å². The fourth-order valence-electron chi connectivity index (χ4n) is 1.82. The van der Waals surface area contributed by atoms with E-state index in [0.29, 0.717) is 5.69 Å². The zero-order valence-corrected chi connectivity index (χ0v) is 12.0. The molecule has 1 heterocycles. The van der Waals surface area contributed by atoms with Gasteiger partial charge in [-0.1, -0.05) is 0 Å². The topological polar surface area (TPSA) is 80.3 Å². The number of ether oxygens (including phenoxy) is 1. The molecule has 0 aliphatic carbocycles. The summed E-state index contributed by atoms with van der Waals surface area (Å²) in [5.41, 5.74) is 0.499. The van der Waals surface area contributed by atoms with Gasteiger partial charge in [0.1, 0.15) is 11.4 Å². The maximum absolute atomic E-state index is 13.8. The number of nitrogens with one attached hydrogen (secondary N) is 2. The molecule has 22 heavy (non-hydrogen) atoms. The van der Waals surface area contributed by atoms with Crippen LogP contribution in [0.3, 0.4) is 0 Å². The highest BCUT2D eigenvalue weighted by atomic mass is 19.1. The highest BCUT2D eigenvalue weighted by molar-refractivity contribution is 6.06. The predicted octanol–water partition coefficient (Wildman–Crippen LogP) is 2.44. The van der Waals surface area contributed by atoms with Crippen LogP contribution in [0, 0.1) is 5.82 Å². The second-order valence-corrected chi connectivity index (χ2v) is 4.39. The predicted molar refractivity (Wildman–Crippen MR) is 79.4 cm³/mol. The zero-order valence-electron chi connectivity index (χ0n) is 12.0. The Balaban J connectivity index is 2.26. The molecule has 0 aliphatic rings. The monoisotopic (exact) mass is 303 g/mol. The Hall–Kier alpha value is -2.96. The van der Waals surface area contributed by atoms with Crippen molar-refractivity contribution in [1.82, 2.24) is 4.98 Å². The molecule has 7 heteroatoms. The molecule has 2 rings (SSSR count). The minimum Gasteiger partial charge on any atom is -0.480 e. The Morgan fingerprint density at radius 2 is 2.00 bits per heavy atom. The third kappa shape index (κ3) is 3.57. The van der Waals surface area contributed by atoms with Gasteiger partial charge in [-0.25, -0.2) is 9.37 Å². The van der Waals surface area contributed by atoms with Gasteiger partial charge in [-0.05, 0) is 30.3 Å². The molecule has 1 aromatic heterocycles. The minimum absolute atomic E-state index is 0.0536. The van der Waals surface area contributed by atoms with Gasteiger partial charge < -0.3 is 15.4 Å². The molecule has 2 aromatic rings. The van der Waals surface area contributed by atoms with E-state index in [1.54, 1.807) is 6.07 Å². The molecule has 0 radical (unpaired) electrons. The van der Waals surface area contributed by atoms with Crippen LogP contribution in [0.4, 0.5) is 15.8 Å². The van der Waals surface area contributed by atoms with Gasteiger partial charge >= 0.3 is 0 Å². The summed E-state index contributed by atoms with van der Waals surface area (Å²) in [5, 5.41) is 4.94. The van der Waals surface area contributed by atoms with E-state index in [1.165, 1.54) is 38.4 Å². The number of hydrogen-bond acceptors (Lipinski definition) is 4. The molecule has 0 unspecified atom stereocenters. The molecule has 0 spiro atoms. The van der Waals surface area contributed by atoms with E-state index in [1.807, 2.05) is 0 Å². The zero-order chi connectivity index (χ0) is 16.1. The third-order valence-corrected chi connectivity index (χ3v) is 2.74. The van der Waals surface area contributed by atoms with Gasteiger partial charge in [0.05, 0.1) is 12.8 Å². The maximum atomic E-state index is 13.8. The SMILES string of the molecule is COc1ncccc1C(=O)Nc1cc(NC(C)=O)ccc1F. The van der Waals surface area contributed by atoms with Crippen LogP contribution in [0.5, 0.6) is 5.88 Å². The first-order chi connectivity index (χ1) is 10.5. The van der Waals surface area contributed by atoms with Crippen molar-refractivity contribution in [3.63, 3.8) is 0 Å². The van der Waals surface area contributed by atoms with Crippen molar-refractivity contribution in [3.05, 3.63) is 47.9 Å². The van der Waals surface area contributed by atoms with Crippen LogP contribution in [0.2, 0.25) is 0 Å². The Morgan fingerprint density at radius 1 is 1.23 bits per heavy atom. The summed E-state index contributed by atoms with van der Waals surface area (Å²) in [5.74, 6) is -1.34. The number of carbonyl (C=O) groups excluding carboxylic acids is 2. The normalized spacial score (nSPS) is 9.95. The van der Waals surface area contributed by atoms with Gasteiger partial charge in [0.25, 0.3) is 5.91 Å². The van der Waals surface area contributed by atoms with Gasteiger partial charge in [-0.15, -0.1) is 0 Å². The van der Waals surface area contributed by atoms with E-state index in [4.69, 9.17) is 4.74 Å². The number of hydrogen-bond donors (Lipinski definition) is 2. The number of rotatable bonds is 4. The van der Waals surface area contributed by atoms with Crippen LogP contribution in [-0.2, 0) is 4.79 Å². The Bertz CT molecular complexity index is 719. The average molecular weight is 303 g/mol. The fraction of sp³-hybridized carbons (Fsp3) is 0.133. The number of aromatic nitrogens is 1. The van der Waals surface area contributed by atoms with E-state index in [-0.39, 0.29) is 23.0 Å². The quantitative estimate of drug-likeness (QED) is 0.909. The highest BCUT2D eigenvalue weighted by Crippen LogP contribution is 2.22. The smallest absolute Gasteiger partial charge is 0.261 e. The highest BCUT2D eigenvalue weighted by Gasteiger charge is 2.15. The van der Waals surface area contributed by atoms with Crippen molar-refractivity contribution in [3.8, 4) is 5.88 Å². The molecular weight excluding hydrogens is 289 g/mol. The van der Waals surface area contributed by atoms with E-state index in [0.717, 1.165) is 6.07 Å². The van der Waals surface area contributed by atoms with Gasteiger partial charge in [0.2, 0.25) is 11.8 Å². The second-order valence-electron chi connectivity index (χ2n) is 4.39. The summed E-state index contributed by atoms with van der Waals surface area (Å²) in [7, 11) is 1.39. The first-order valence-corrected chi connectivity index (χ1v) is 6.38. The van der Waals surface area contributed by atoms with Crippen LogP contribution in [0.15, 0.2) is 36.5 Å². The number of anilines is 2. The molecule has 0 bridgehead atoms. The van der Waals surface area contributed by atoms with E-state index in [2.05, 4.69) is 15.6 Å². The largest absolute Gasteiger partial charge is 0.480 e. The fourth-order valence-corrected chi connectivity index (χ4v) is 1.82. The number of pyridine rings is 1. The summed E-state index contributed by atoms with van der Waals surface area (Å²) < 4.78 is 18.8. The lowest BCUT2D eigenvalue weighted by Gasteiger charge is -2.10. The molecule has 2 amide bonds. The third-order valence-electron chi connectivity index (χ3n) is 2.74. The summed E-state index contributed by atoms with van der Waals surface area (Å²) >= 11 is 0. The summed E-state index contributed by atoms with van der Waals surface area (Å²) in [6.07, 6.45) is 1.48. The maximum Gasteiger partial charge on any atom is 0.261 e. The second kappa shape index (κ2) is 6.66. The Kier molecular flexibility index (Phi) is 4.67. The molecule has 0 fully saturated rings. The van der Waals surface area contributed by atoms with Crippen molar-refractivity contribution in [1.29, 1.82) is 0 Å². The summed E-state index contributed by atoms with van der Waals surface area (Å²) in [4.78, 5) is 27.1. The average Bonchev–Trinajstić information content (AvgIpc) is 2.50. The van der Waals surface area contributed by atoms with Crippen molar-refractivity contribution >= 4 is 23.2 Å². The number of benzene rings is 1. The molecule has 2 N–H and O–H groups in total. The summed E-state index contributed by atoms with van der Waals surface area (Å²) in [6.45, 7) is 1.34. The molecule has 0 atom stereocenters. The first kappa shape index (κ1) is 15.4. The van der Waals surface area contributed by atoms with Crippen molar-refractivity contribution in [2.45, 2.75) is 6.92 Å². The lowest BCUT2D eigenvalue weighted by atomic mass is 10.2. The minimum atomic E-state index is -0.620. The number of nitrogens with zero attached hydrogens (tertiary/aromatic N) is 1. The van der Waals surface area contributed by atoms with Gasteiger partial charge in [-0.2, -0.15) is 0 Å². The lowest BCUT2D eigenvalue weighted by Crippen LogP contribution is -2.15.